The molecule has 1 aliphatic heterocycles. The minimum absolute atomic E-state index is 0.0263. The molecule has 1 amide bonds. The van der Waals surface area contributed by atoms with Crippen LogP contribution in [-0.4, -0.2) is 52.7 Å². The number of morpholine rings is 1. The number of aromatic nitrogens is 1. The molecular formula is C17H20N2O4. The summed E-state index contributed by atoms with van der Waals surface area (Å²) in [5.74, 6) is -1.05. The number of carbonyl (C=O) groups excluding carboxylic acids is 1. The number of carbonyl (C=O) groups is 2. The van der Waals surface area contributed by atoms with Crippen molar-refractivity contribution in [1.82, 2.24) is 9.88 Å². The minimum Gasteiger partial charge on any atom is -0.479 e. The lowest BCUT2D eigenvalue weighted by atomic mass is 10.1. The summed E-state index contributed by atoms with van der Waals surface area (Å²) in [5.41, 5.74) is 3.36. The van der Waals surface area contributed by atoms with Gasteiger partial charge in [-0.15, -0.1) is 0 Å². The minimum atomic E-state index is -1.02. The predicted octanol–water partition coefficient (Wildman–Crippen LogP) is 1.72. The van der Waals surface area contributed by atoms with Crippen molar-refractivity contribution < 1.29 is 19.4 Å². The molecule has 1 aromatic heterocycles. The molecule has 2 heterocycles. The second-order valence-corrected chi connectivity index (χ2v) is 5.90. The van der Waals surface area contributed by atoms with E-state index in [4.69, 9.17) is 9.84 Å². The van der Waals surface area contributed by atoms with Gasteiger partial charge < -0.3 is 19.7 Å². The normalized spacial score (nSPS) is 18.3. The smallest absolute Gasteiger partial charge is 0.334 e. The summed E-state index contributed by atoms with van der Waals surface area (Å²) in [6.45, 7) is 2.90. The summed E-state index contributed by atoms with van der Waals surface area (Å²) < 4.78 is 5.14. The number of carboxylic acid groups (broad SMARTS) is 1. The van der Waals surface area contributed by atoms with Crippen LogP contribution in [0.2, 0.25) is 0 Å². The number of hydrogen-bond acceptors (Lipinski definition) is 3. The molecule has 1 fully saturated rings. The zero-order valence-corrected chi connectivity index (χ0v) is 13.0. The van der Waals surface area contributed by atoms with Crippen LogP contribution in [0.25, 0.3) is 10.9 Å². The molecule has 1 aliphatic rings. The number of carboxylic acids is 1. The van der Waals surface area contributed by atoms with Crippen molar-refractivity contribution in [2.24, 2.45) is 0 Å². The third kappa shape index (κ3) is 3.37. The lowest BCUT2D eigenvalue weighted by Crippen LogP contribution is -2.48. The molecule has 6 heteroatoms. The highest BCUT2D eigenvalue weighted by Gasteiger charge is 2.28. The Kier molecular flexibility index (Phi) is 4.34. The Balaban J connectivity index is 1.64. The average Bonchev–Trinajstić information content (AvgIpc) is 2.95. The van der Waals surface area contributed by atoms with Crippen LogP contribution in [0.5, 0.6) is 0 Å². The second kappa shape index (κ2) is 6.42. The molecule has 23 heavy (non-hydrogen) atoms. The fourth-order valence-electron chi connectivity index (χ4n) is 2.92. The molecular weight excluding hydrogens is 296 g/mol. The highest BCUT2D eigenvalue weighted by Crippen LogP contribution is 2.21. The van der Waals surface area contributed by atoms with Crippen LogP contribution in [0.15, 0.2) is 24.4 Å². The third-order valence-electron chi connectivity index (χ3n) is 4.23. The molecule has 1 saturated heterocycles. The zero-order chi connectivity index (χ0) is 16.4. The first-order chi connectivity index (χ1) is 11.0. The second-order valence-electron chi connectivity index (χ2n) is 5.90. The van der Waals surface area contributed by atoms with Gasteiger partial charge in [-0.2, -0.15) is 0 Å². The van der Waals surface area contributed by atoms with Crippen LogP contribution >= 0.6 is 0 Å². The summed E-state index contributed by atoms with van der Waals surface area (Å²) in [4.78, 5) is 28.1. The number of fused-ring (bicyclic) bond motifs is 1. The van der Waals surface area contributed by atoms with Gasteiger partial charge >= 0.3 is 5.97 Å². The summed E-state index contributed by atoms with van der Waals surface area (Å²) in [5, 5.41) is 10.1. The van der Waals surface area contributed by atoms with E-state index in [1.165, 1.54) is 5.56 Å². The predicted molar refractivity (Wildman–Crippen MR) is 85.3 cm³/mol. The number of aromatic amines is 1. The Hall–Kier alpha value is -2.34. The zero-order valence-electron chi connectivity index (χ0n) is 13.0. The van der Waals surface area contributed by atoms with E-state index >= 15 is 0 Å². The molecule has 1 aromatic carbocycles. The van der Waals surface area contributed by atoms with E-state index in [1.54, 1.807) is 4.90 Å². The quantitative estimate of drug-likeness (QED) is 0.900. The van der Waals surface area contributed by atoms with Crippen molar-refractivity contribution in [3.8, 4) is 0 Å². The number of rotatable bonds is 4. The number of hydrogen-bond donors (Lipinski definition) is 2. The highest BCUT2D eigenvalue weighted by atomic mass is 16.5. The maximum Gasteiger partial charge on any atom is 0.334 e. The first kappa shape index (κ1) is 15.6. The summed E-state index contributed by atoms with van der Waals surface area (Å²) >= 11 is 0. The van der Waals surface area contributed by atoms with Crippen molar-refractivity contribution in [1.29, 1.82) is 0 Å². The number of H-pyrrole nitrogens is 1. The fraction of sp³-hybridized carbons (Fsp3) is 0.412. The van der Waals surface area contributed by atoms with Gasteiger partial charge in [0.1, 0.15) is 0 Å². The van der Waals surface area contributed by atoms with Crippen molar-refractivity contribution >= 4 is 22.8 Å². The molecule has 0 spiro atoms. The number of nitrogens with one attached hydrogen (secondary N) is 1. The summed E-state index contributed by atoms with van der Waals surface area (Å²) in [6, 6.07) is 6.20. The van der Waals surface area contributed by atoms with Crippen LogP contribution in [-0.2, 0) is 20.7 Å². The molecule has 0 saturated carbocycles. The van der Waals surface area contributed by atoms with Gasteiger partial charge in [0.25, 0.3) is 0 Å². The van der Waals surface area contributed by atoms with E-state index in [1.807, 2.05) is 25.3 Å². The van der Waals surface area contributed by atoms with E-state index in [2.05, 4.69) is 11.1 Å². The first-order valence-electron chi connectivity index (χ1n) is 7.73. The van der Waals surface area contributed by atoms with Gasteiger partial charge in [0, 0.05) is 30.1 Å². The van der Waals surface area contributed by atoms with Crippen LogP contribution in [0.4, 0.5) is 0 Å². The Labute approximate surface area is 134 Å². The summed E-state index contributed by atoms with van der Waals surface area (Å²) in [7, 11) is 0. The Morgan fingerprint density at radius 3 is 3.04 bits per heavy atom. The number of aliphatic carboxylic acids is 1. The molecule has 0 radical (unpaired) electrons. The van der Waals surface area contributed by atoms with Gasteiger partial charge in [-0.25, -0.2) is 4.79 Å². The van der Waals surface area contributed by atoms with Crippen molar-refractivity contribution in [2.75, 3.05) is 19.7 Å². The lowest BCUT2D eigenvalue weighted by molar-refractivity contribution is -0.159. The Bertz CT molecular complexity index is 737. The SMILES string of the molecule is Cc1ccc2[nH]cc(CCC(=O)N3CCO[C@H](C(=O)O)C3)c2c1. The van der Waals surface area contributed by atoms with E-state index in [-0.39, 0.29) is 19.1 Å². The monoisotopic (exact) mass is 316 g/mol. The lowest BCUT2D eigenvalue weighted by Gasteiger charge is -2.30. The van der Waals surface area contributed by atoms with Crippen molar-refractivity contribution in [2.45, 2.75) is 25.9 Å². The maximum absolute atomic E-state index is 12.3. The number of aryl methyl sites for hydroxylation is 2. The average molecular weight is 316 g/mol. The van der Waals surface area contributed by atoms with Gasteiger partial charge in [-0.3, -0.25) is 4.79 Å². The van der Waals surface area contributed by atoms with E-state index in [9.17, 15) is 9.59 Å². The molecule has 122 valence electrons. The van der Waals surface area contributed by atoms with E-state index < -0.39 is 12.1 Å². The molecule has 2 N–H and O–H groups in total. The molecule has 6 nitrogen and oxygen atoms in total. The maximum atomic E-state index is 12.3. The van der Waals surface area contributed by atoms with E-state index in [0.717, 1.165) is 16.5 Å². The molecule has 1 atom stereocenters. The number of nitrogens with zero attached hydrogens (tertiary/aromatic N) is 1. The van der Waals surface area contributed by atoms with E-state index in [0.29, 0.717) is 19.4 Å². The van der Waals surface area contributed by atoms with Crippen LogP contribution < -0.4 is 0 Å². The molecule has 0 unspecified atom stereocenters. The standard InChI is InChI=1S/C17H20N2O4/c1-11-2-4-14-13(8-11)12(9-18-14)3-5-16(20)19-6-7-23-15(10-19)17(21)22/h2,4,8-9,15,18H,3,5-7,10H2,1H3,(H,21,22)/t15-/m0/s1. The molecule has 0 bridgehead atoms. The fourth-order valence-corrected chi connectivity index (χ4v) is 2.92. The van der Waals surface area contributed by atoms with Crippen molar-refractivity contribution in [3.05, 3.63) is 35.5 Å². The van der Waals surface area contributed by atoms with Crippen LogP contribution in [0, 0.1) is 6.92 Å². The van der Waals surface area contributed by atoms with Gasteiger partial charge in [0.05, 0.1) is 13.2 Å². The number of ether oxygens (including phenoxy) is 1. The van der Waals surface area contributed by atoms with Gasteiger partial charge in [0.2, 0.25) is 5.91 Å². The van der Waals surface area contributed by atoms with Gasteiger partial charge in [0.15, 0.2) is 6.10 Å². The Morgan fingerprint density at radius 2 is 2.26 bits per heavy atom. The third-order valence-corrected chi connectivity index (χ3v) is 4.23. The number of amides is 1. The topological polar surface area (TPSA) is 82.6 Å². The molecule has 2 aromatic rings. The van der Waals surface area contributed by atoms with Gasteiger partial charge in [-0.1, -0.05) is 11.6 Å². The van der Waals surface area contributed by atoms with Crippen molar-refractivity contribution in [3.63, 3.8) is 0 Å². The Morgan fingerprint density at radius 1 is 1.43 bits per heavy atom. The van der Waals surface area contributed by atoms with Crippen LogP contribution in [0.3, 0.4) is 0 Å². The van der Waals surface area contributed by atoms with Crippen LogP contribution in [0.1, 0.15) is 17.5 Å². The summed E-state index contributed by atoms with van der Waals surface area (Å²) in [6.07, 6.45) is 2.03. The van der Waals surface area contributed by atoms with Gasteiger partial charge in [-0.05, 0) is 31.0 Å². The first-order valence-corrected chi connectivity index (χ1v) is 7.73. The highest BCUT2D eigenvalue weighted by molar-refractivity contribution is 5.85. The molecule has 0 aliphatic carbocycles. The number of benzene rings is 1. The largest absolute Gasteiger partial charge is 0.479 e. The molecule has 3 rings (SSSR count).